The highest BCUT2D eigenvalue weighted by molar-refractivity contribution is 6.39. The second-order valence-corrected chi connectivity index (χ2v) is 8.81. The maximum Gasteiger partial charge on any atom is 0.342 e. The summed E-state index contributed by atoms with van der Waals surface area (Å²) in [5.41, 5.74) is 7.56. The van der Waals surface area contributed by atoms with E-state index in [0.29, 0.717) is 33.6 Å². The van der Waals surface area contributed by atoms with Crippen LogP contribution in [0.2, 0.25) is 10.0 Å². The van der Waals surface area contributed by atoms with E-state index in [9.17, 15) is 18.4 Å². The Bertz CT molecular complexity index is 1010. The fourth-order valence-corrected chi connectivity index (χ4v) is 3.50. The number of alkyl halides is 3. The molecule has 0 radical (unpaired) electrons. The fraction of sp³-hybridized carbons (Fsp3) is 0.417. The van der Waals surface area contributed by atoms with E-state index in [1.807, 2.05) is 19.9 Å². The van der Waals surface area contributed by atoms with Crippen LogP contribution in [0, 0.1) is 12.8 Å². The van der Waals surface area contributed by atoms with Crippen molar-refractivity contribution in [1.29, 1.82) is 0 Å². The lowest BCUT2D eigenvalue weighted by atomic mass is 10.0. The summed E-state index contributed by atoms with van der Waals surface area (Å²) in [7, 11) is 1.19. The molecule has 0 saturated heterocycles. The number of carbonyl (C=O) groups is 2. The Hall–Kier alpha value is -2.17. The largest absolute Gasteiger partial charge is 0.469 e. The molecule has 0 bridgehead atoms. The van der Waals surface area contributed by atoms with Crippen molar-refractivity contribution < 1.29 is 32.6 Å². The molecule has 12 heteroatoms. The molecule has 0 aliphatic rings. The van der Waals surface area contributed by atoms with E-state index in [-0.39, 0.29) is 19.8 Å². The van der Waals surface area contributed by atoms with Gasteiger partial charge in [-0.25, -0.2) is 4.79 Å². The molecule has 0 fully saturated rings. The minimum absolute atomic E-state index is 0.0165. The van der Waals surface area contributed by atoms with Crippen LogP contribution in [-0.2, 0) is 19.0 Å². The predicted molar refractivity (Wildman–Crippen MR) is 137 cm³/mol. The van der Waals surface area contributed by atoms with Gasteiger partial charge in [0.05, 0.1) is 34.1 Å². The van der Waals surface area contributed by atoms with Crippen LogP contribution in [0.3, 0.4) is 0 Å². The second-order valence-electron chi connectivity index (χ2n) is 7.47. The van der Waals surface area contributed by atoms with Crippen LogP contribution in [0.4, 0.5) is 20.2 Å². The van der Waals surface area contributed by atoms with Gasteiger partial charge in [-0.3, -0.25) is 4.79 Å². The molecule has 2 rings (SSSR count). The predicted octanol–water partition coefficient (Wildman–Crippen LogP) is 6.54. The third kappa shape index (κ3) is 11.3. The quantitative estimate of drug-likeness (QED) is 0.137. The Balaban J connectivity index is 0.000000426. The highest BCUT2D eigenvalue weighted by Crippen LogP contribution is 2.36. The molecule has 0 aliphatic heterocycles. The number of esters is 2. The van der Waals surface area contributed by atoms with Crippen molar-refractivity contribution in [2.75, 3.05) is 32.4 Å². The van der Waals surface area contributed by atoms with Crippen molar-refractivity contribution in [3.8, 4) is 0 Å². The molecular weight excluding hydrogens is 541 g/mol. The number of nitrogens with one attached hydrogen (secondary N) is 1. The van der Waals surface area contributed by atoms with Crippen molar-refractivity contribution in [3.63, 3.8) is 0 Å². The molecule has 3 N–H and O–H groups in total. The van der Waals surface area contributed by atoms with Gasteiger partial charge in [0.15, 0.2) is 6.79 Å². The van der Waals surface area contributed by atoms with Gasteiger partial charge in [0.1, 0.15) is 0 Å². The number of nitrogens with two attached hydrogens (primary N) is 1. The van der Waals surface area contributed by atoms with Gasteiger partial charge < -0.3 is 25.3 Å². The summed E-state index contributed by atoms with van der Waals surface area (Å²) >= 11 is 17.2. The van der Waals surface area contributed by atoms with Crippen molar-refractivity contribution in [3.05, 3.63) is 57.6 Å². The number of aryl methyl sites for hydroxylation is 1. The third-order valence-electron chi connectivity index (χ3n) is 4.70. The number of methoxy groups -OCH3 is 1. The number of anilines is 2. The van der Waals surface area contributed by atoms with Gasteiger partial charge in [0.2, 0.25) is 0 Å². The van der Waals surface area contributed by atoms with Gasteiger partial charge >= 0.3 is 17.3 Å². The van der Waals surface area contributed by atoms with Crippen molar-refractivity contribution in [2.45, 2.75) is 32.1 Å². The van der Waals surface area contributed by atoms with Crippen LogP contribution in [0.25, 0.3) is 0 Å². The summed E-state index contributed by atoms with van der Waals surface area (Å²) in [6.45, 7) is 4.08. The molecule has 2 aromatic rings. The first-order valence-corrected chi connectivity index (χ1v) is 12.0. The number of rotatable bonds is 11. The van der Waals surface area contributed by atoms with Crippen LogP contribution < -0.4 is 11.1 Å². The number of ether oxygens (including phenoxy) is 3. The zero-order valence-electron chi connectivity index (χ0n) is 20.1. The van der Waals surface area contributed by atoms with E-state index in [1.165, 1.54) is 7.11 Å². The number of halogens is 5. The molecule has 0 aromatic heterocycles. The van der Waals surface area contributed by atoms with Crippen molar-refractivity contribution >= 4 is 58.1 Å². The average molecular weight is 570 g/mol. The maximum absolute atomic E-state index is 12.3. The Kier molecular flexibility index (Phi) is 14.0. The van der Waals surface area contributed by atoms with Crippen molar-refractivity contribution in [1.82, 2.24) is 0 Å². The summed E-state index contributed by atoms with van der Waals surface area (Å²) in [5, 5.41) is 0.788. The molecule has 1 unspecified atom stereocenters. The van der Waals surface area contributed by atoms with Crippen LogP contribution >= 0.6 is 34.8 Å². The maximum atomic E-state index is 12.3. The number of hydrogen-bond donors (Lipinski definition) is 2. The monoisotopic (exact) mass is 568 g/mol. The standard InChI is InChI=1S/C17H17Cl2NO3.C7H12ClF2NO2/c1-3-22-10-23-17(21)12-6-4-5-7-14(12)20-16-13(18)9-8-11(2)15(16)19;1-13-6(12)2-5(4-11)3-7(8,9)10/h4-9,20H,3,10H2,1-2H3;5H,2-4,11H2,1H3. The highest BCUT2D eigenvalue weighted by Gasteiger charge is 2.30. The number of para-hydroxylation sites is 1. The molecule has 2 aromatic carbocycles. The lowest BCUT2D eigenvalue weighted by Gasteiger charge is -2.16. The van der Waals surface area contributed by atoms with Crippen LogP contribution in [0.15, 0.2) is 36.4 Å². The molecule has 0 aliphatic carbocycles. The summed E-state index contributed by atoms with van der Waals surface area (Å²) in [6, 6.07) is 10.6. The van der Waals surface area contributed by atoms with Gasteiger partial charge in [-0.1, -0.05) is 41.4 Å². The molecular formula is C24H29Cl3F2N2O5. The summed E-state index contributed by atoms with van der Waals surface area (Å²) in [4.78, 5) is 22.9. The highest BCUT2D eigenvalue weighted by atomic mass is 35.5. The molecule has 200 valence electrons. The van der Waals surface area contributed by atoms with Crippen molar-refractivity contribution in [2.24, 2.45) is 11.7 Å². The first-order chi connectivity index (χ1) is 16.9. The Morgan fingerprint density at radius 1 is 1.17 bits per heavy atom. The zero-order chi connectivity index (χ0) is 27.3. The molecule has 0 amide bonds. The van der Waals surface area contributed by atoms with Crippen LogP contribution in [-0.4, -0.2) is 44.4 Å². The van der Waals surface area contributed by atoms with Gasteiger partial charge in [0.25, 0.3) is 0 Å². The molecule has 36 heavy (non-hydrogen) atoms. The SMILES string of the molecule is CCOCOC(=O)c1ccccc1Nc1c(Cl)ccc(C)c1Cl.COC(=O)CC(CN)CC(F)(F)Cl. The first-order valence-electron chi connectivity index (χ1n) is 10.8. The molecule has 0 spiro atoms. The van der Waals surface area contributed by atoms with Gasteiger partial charge in [0, 0.05) is 19.4 Å². The summed E-state index contributed by atoms with van der Waals surface area (Å²) in [5.74, 6) is -1.68. The van der Waals surface area contributed by atoms with E-state index in [1.54, 1.807) is 30.3 Å². The van der Waals surface area contributed by atoms with E-state index >= 15 is 0 Å². The number of hydrogen-bond acceptors (Lipinski definition) is 7. The van der Waals surface area contributed by atoms with Gasteiger partial charge in [-0.2, -0.15) is 8.78 Å². The van der Waals surface area contributed by atoms with Gasteiger partial charge in [-0.05, 0) is 61.7 Å². The number of carbonyl (C=O) groups excluding carboxylic acids is 2. The van der Waals surface area contributed by atoms with Crippen LogP contribution in [0.1, 0.15) is 35.7 Å². The summed E-state index contributed by atoms with van der Waals surface area (Å²) < 4.78 is 39.0. The molecule has 0 heterocycles. The normalized spacial score (nSPS) is 11.7. The zero-order valence-corrected chi connectivity index (χ0v) is 22.4. The third-order valence-corrected chi connectivity index (χ3v) is 5.66. The van der Waals surface area contributed by atoms with E-state index < -0.39 is 29.7 Å². The minimum atomic E-state index is -3.31. The average Bonchev–Trinajstić information content (AvgIpc) is 2.83. The number of benzene rings is 2. The topological polar surface area (TPSA) is 99.9 Å². The smallest absolute Gasteiger partial charge is 0.342 e. The Morgan fingerprint density at radius 3 is 2.42 bits per heavy atom. The van der Waals surface area contributed by atoms with Gasteiger partial charge in [-0.15, -0.1) is 0 Å². The fourth-order valence-electron chi connectivity index (χ4n) is 2.82. The van der Waals surface area contributed by atoms with E-state index in [2.05, 4.69) is 10.1 Å². The lowest BCUT2D eigenvalue weighted by Crippen LogP contribution is -2.24. The van der Waals surface area contributed by atoms with E-state index in [0.717, 1.165) is 5.56 Å². The lowest BCUT2D eigenvalue weighted by molar-refractivity contribution is -0.142. The molecule has 7 nitrogen and oxygen atoms in total. The molecule has 1 atom stereocenters. The summed E-state index contributed by atoms with van der Waals surface area (Å²) in [6.07, 6.45) is -0.741. The Morgan fingerprint density at radius 2 is 1.83 bits per heavy atom. The minimum Gasteiger partial charge on any atom is -0.469 e. The second kappa shape index (κ2) is 15.8. The molecule has 0 saturated carbocycles. The first kappa shape index (κ1) is 31.9. The Labute approximate surface area is 224 Å². The van der Waals surface area contributed by atoms with Crippen LogP contribution in [0.5, 0.6) is 0 Å². The van der Waals surface area contributed by atoms with E-state index in [4.69, 9.17) is 50.0 Å².